The molecule has 1 N–H and O–H groups in total. The van der Waals surface area contributed by atoms with Crippen LogP contribution in [-0.4, -0.2) is 17.0 Å². The van der Waals surface area contributed by atoms with Crippen molar-refractivity contribution in [3.63, 3.8) is 0 Å². The zero-order valence-electron chi connectivity index (χ0n) is 14.2. The van der Waals surface area contributed by atoms with Gasteiger partial charge in [-0.1, -0.05) is 22.0 Å². The summed E-state index contributed by atoms with van der Waals surface area (Å²) in [5.74, 6) is 0.657. The number of nitrogens with one attached hydrogen (secondary N) is 1. The van der Waals surface area contributed by atoms with Gasteiger partial charge in [-0.2, -0.15) is 5.10 Å². The molecule has 0 aliphatic rings. The van der Waals surface area contributed by atoms with Crippen LogP contribution in [0.2, 0.25) is 0 Å². The van der Waals surface area contributed by atoms with Gasteiger partial charge in [-0.3, -0.25) is 14.9 Å². The first-order valence-corrected chi connectivity index (χ1v) is 8.67. The highest BCUT2D eigenvalue weighted by atomic mass is 79.9. The summed E-state index contributed by atoms with van der Waals surface area (Å²) >= 11 is 3.31. The summed E-state index contributed by atoms with van der Waals surface area (Å²) in [4.78, 5) is 22.4. The second-order valence-electron chi connectivity index (χ2n) is 5.67. The molecule has 1 amide bonds. The summed E-state index contributed by atoms with van der Waals surface area (Å²) in [5, 5.41) is 14.7. The number of rotatable bonds is 5. The monoisotopic (exact) mass is 427 g/mol. The second kappa shape index (κ2) is 7.96. The highest BCUT2D eigenvalue weighted by Crippen LogP contribution is 2.28. The number of hydrogen-bond donors (Lipinski definition) is 1. The number of furan rings is 1. The van der Waals surface area contributed by atoms with E-state index in [-0.39, 0.29) is 11.6 Å². The highest BCUT2D eigenvalue weighted by molar-refractivity contribution is 9.10. The number of hydrazone groups is 1. The van der Waals surface area contributed by atoms with Crippen molar-refractivity contribution in [2.24, 2.45) is 5.10 Å². The normalized spacial score (nSPS) is 10.9. The Bertz CT molecular complexity index is 1040. The average molecular weight is 428 g/mol. The molecule has 0 fully saturated rings. The van der Waals surface area contributed by atoms with Gasteiger partial charge in [0.2, 0.25) is 0 Å². The molecule has 1 heterocycles. The van der Waals surface area contributed by atoms with Crippen LogP contribution in [0, 0.1) is 17.0 Å². The SMILES string of the molecule is Cc1cc([N+](=O)[O-])ccc1-c1ccc(/C=N\NC(=O)c2cccc(Br)c2)o1. The van der Waals surface area contributed by atoms with E-state index in [1.165, 1.54) is 18.3 Å². The fourth-order valence-electron chi connectivity index (χ4n) is 2.45. The van der Waals surface area contributed by atoms with Crippen molar-refractivity contribution in [3.05, 3.63) is 86.1 Å². The molecule has 8 heteroatoms. The molecule has 0 saturated carbocycles. The molecule has 0 unspecified atom stereocenters. The molecule has 0 aliphatic carbocycles. The Morgan fingerprint density at radius 2 is 2.04 bits per heavy atom. The van der Waals surface area contributed by atoms with Crippen LogP contribution in [0.5, 0.6) is 0 Å². The number of aryl methyl sites for hydroxylation is 1. The number of nitro groups is 1. The molecule has 1 aromatic heterocycles. The number of carbonyl (C=O) groups excluding carboxylic acids is 1. The minimum atomic E-state index is -0.440. The van der Waals surface area contributed by atoms with Crippen molar-refractivity contribution in [1.82, 2.24) is 5.43 Å². The maximum absolute atomic E-state index is 12.0. The quantitative estimate of drug-likeness (QED) is 0.362. The Labute approximate surface area is 163 Å². The third-order valence-electron chi connectivity index (χ3n) is 3.76. The molecule has 3 aromatic rings. The van der Waals surface area contributed by atoms with Gasteiger partial charge in [-0.05, 0) is 48.9 Å². The molecule has 0 radical (unpaired) electrons. The summed E-state index contributed by atoms with van der Waals surface area (Å²) in [6.07, 6.45) is 1.39. The summed E-state index contributed by atoms with van der Waals surface area (Å²) in [6.45, 7) is 1.77. The Kier molecular flexibility index (Phi) is 5.46. The fraction of sp³-hybridized carbons (Fsp3) is 0.0526. The molecule has 3 rings (SSSR count). The van der Waals surface area contributed by atoms with Gasteiger partial charge < -0.3 is 4.42 Å². The molecule has 0 saturated heterocycles. The number of carbonyl (C=O) groups is 1. The summed E-state index contributed by atoms with van der Waals surface area (Å²) in [6, 6.07) is 14.9. The van der Waals surface area contributed by atoms with Gasteiger partial charge in [0.15, 0.2) is 0 Å². The predicted molar refractivity (Wildman–Crippen MR) is 105 cm³/mol. The lowest BCUT2D eigenvalue weighted by atomic mass is 10.1. The van der Waals surface area contributed by atoms with Gasteiger partial charge in [-0.15, -0.1) is 0 Å². The van der Waals surface area contributed by atoms with E-state index in [0.29, 0.717) is 17.1 Å². The first kappa shape index (κ1) is 18.5. The molecular weight excluding hydrogens is 414 g/mol. The van der Waals surface area contributed by atoms with Crippen LogP contribution >= 0.6 is 15.9 Å². The number of amides is 1. The zero-order chi connectivity index (χ0) is 19.4. The zero-order valence-corrected chi connectivity index (χ0v) is 15.8. The molecule has 0 atom stereocenters. The average Bonchev–Trinajstić information content (AvgIpc) is 3.10. The Hall–Kier alpha value is -3.26. The van der Waals surface area contributed by atoms with Crippen LogP contribution in [-0.2, 0) is 0 Å². The second-order valence-corrected chi connectivity index (χ2v) is 6.58. The number of halogens is 1. The van der Waals surface area contributed by atoms with E-state index < -0.39 is 4.92 Å². The predicted octanol–water partition coefficient (Wildman–Crippen LogP) is 4.69. The first-order chi connectivity index (χ1) is 12.9. The van der Waals surface area contributed by atoms with E-state index in [9.17, 15) is 14.9 Å². The molecule has 27 heavy (non-hydrogen) atoms. The van der Waals surface area contributed by atoms with Crippen molar-refractivity contribution < 1.29 is 14.1 Å². The van der Waals surface area contributed by atoms with Crippen LogP contribution in [0.1, 0.15) is 21.7 Å². The summed E-state index contributed by atoms with van der Waals surface area (Å²) < 4.78 is 6.48. The minimum Gasteiger partial charge on any atom is -0.455 e. The number of benzene rings is 2. The van der Waals surface area contributed by atoms with Crippen molar-refractivity contribution >= 4 is 33.7 Å². The molecule has 0 aliphatic heterocycles. The van der Waals surface area contributed by atoms with Gasteiger partial charge in [0.1, 0.15) is 11.5 Å². The number of nitrogens with zero attached hydrogens (tertiary/aromatic N) is 2. The first-order valence-electron chi connectivity index (χ1n) is 7.88. The van der Waals surface area contributed by atoms with E-state index in [1.54, 1.807) is 43.3 Å². The third kappa shape index (κ3) is 4.48. The van der Waals surface area contributed by atoms with Crippen LogP contribution in [0.4, 0.5) is 5.69 Å². The largest absolute Gasteiger partial charge is 0.455 e. The molecule has 0 spiro atoms. The highest BCUT2D eigenvalue weighted by Gasteiger charge is 2.12. The lowest BCUT2D eigenvalue weighted by Gasteiger charge is -2.02. The summed E-state index contributed by atoms with van der Waals surface area (Å²) in [5.41, 5.74) is 4.41. The smallest absolute Gasteiger partial charge is 0.271 e. The Balaban J connectivity index is 1.70. The van der Waals surface area contributed by atoms with Crippen molar-refractivity contribution in [2.75, 3.05) is 0 Å². The lowest BCUT2D eigenvalue weighted by molar-refractivity contribution is -0.384. The third-order valence-corrected chi connectivity index (χ3v) is 4.25. The van der Waals surface area contributed by atoms with Crippen LogP contribution in [0.15, 0.2) is 68.6 Å². The maximum Gasteiger partial charge on any atom is 0.271 e. The van der Waals surface area contributed by atoms with Crippen molar-refractivity contribution in [2.45, 2.75) is 6.92 Å². The van der Waals surface area contributed by atoms with Crippen LogP contribution in [0.3, 0.4) is 0 Å². The fourth-order valence-corrected chi connectivity index (χ4v) is 2.85. The standard InChI is InChI=1S/C19H14BrN3O4/c1-12-9-15(23(25)26)5-7-17(12)18-8-6-16(27-18)11-21-22-19(24)13-3-2-4-14(20)10-13/h2-11H,1H3,(H,22,24)/b21-11-. The van der Waals surface area contributed by atoms with E-state index >= 15 is 0 Å². The van der Waals surface area contributed by atoms with E-state index in [4.69, 9.17) is 4.42 Å². The van der Waals surface area contributed by atoms with E-state index in [2.05, 4.69) is 26.5 Å². The molecule has 7 nitrogen and oxygen atoms in total. The Morgan fingerprint density at radius 1 is 1.22 bits per heavy atom. The van der Waals surface area contributed by atoms with Gasteiger partial charge in [0, 0.05) is 27.7 Å². The van der Waals surface area contributed by atoms with Gasteiger partial charge in [0.05, 0.1) is 11.1 Å². The van der Waals surface area contributed by atoms with Crippen molar-refractivity contribution in [1.29, 1.82) is 0 Å². The topological polar surface area (TPSA) is 97.7 Å². The lowest BCUT2D eigenvalue weighted by Crippen LogP contribution is -2.17. The van der Waals surface area contributed by atoms with E-state index in [0.717, 1.165) is 15.6 Å². The molecule has 136 valence electrons. The van der Waals surface area contributed by atoms with Crippen LogP contribution in [0.25, 0.3) is 11.3 Å². The Morgan fingerprint density at radius 3 is 2.74 bits per heavy atom. The van der Waals surface area contributed by atoms with Crippen molar-refractivity contribution in [3.8, 4) is 11.3 Å². The minimum absolute atomic E-state index is 0.0276. The van der Waals surface area contributed by atoms with Gasteiger partial charge >= 0.3 is 0 Å². The number of hydrogen-bond acceptors (Lipinski definition) is 5. The van der Waals surface area contributed by atoms with Crippen LogP contribution < -0.4 is 5.43 Å². The van der Waals surface area contributed by atoms with Gasteiger partial charge in [0.25, 0.3) is 11.6 Å². The molecule has 0 bridgehead atoms. The van der Waals surface area contributed by atoms with E-state index in [1.807, 2.05) is 6.07 Å². The molecular formula is C19H14BrN3O4. The summed E-state index contributed by atoms with van der Waals surface area (Å²) in [7, 11) is 0. The molecule has 2 aromatic carbocycles. The number of nitro benzene ring substituents is 1. The number of non-ortho nitro benzene ring substituents is 1. The maximum atomic E-state index is 12.0. The van der Waals surface area contributed by atoms with Gasteiger partial charge in [-0.25, -0.2) is 5.43 Å².